The Hall–Kier alpha value is -1.72. The van der Waals surface area contributed by atoms with Crippen molar-refractivity contribution in [3.05, 3.63) is 29.8 Å². The second-order valence-electron chi connectivity index (χ2n) is 4.55. The molecule has 0 atom stereocenters. The molecule has 0 heterocycles. The van der Waals surface area contributed by atoms with E-state index < -0.39 is 12.6 Å². The number of hydrogen-bond acceptors (Lipinski definition) is 3. The van der Waals surface area contributed by atoms with Gasteiger partial charge in [0.25, 0.3) is 0 Å². The number of alkyl halides is 3. The van der Waals surface area contributed by atoms with Gasteiger partial charge >= 0.3 is 6.18 Å². The van der Waals surface area contributed by atoms with E-state index in [2.05, 4.69) is 5.16 Å². The molecule has 0 aromatic heterocycles. The molecule has 0 amide bonds. The maximum absolute atomic E-state index is 11.9. The first-order chi connectivity index (χ1) is 9.40. The van der Waals surface area contributed by atoms with Gasteiger partial charge in [0, 0.05) is 6.42 Å². The van der Waals surface area contributed by atoms with Crippen molar-refractivity contribution in [3.8, 4) is 5.75 Å². The average Bonchev–Trinajstić information content (AvgIpc) is 2.41. The Kier molecular flexibility index (Phi) is 6.35. The van der Waals surface area contributed by atoms with Crippen molar-refractivity contribution < 1.29 is 23.1 Å². The van der Waals surface area contributed by atoms with Crippen LogP contribution in [0.1, 0.15) is 31.7 Å². The smallest absolute Gasteiger partial charge is 0.389 e. The molecule has 0 radical (unpaired) electrons. The van der Waals surface area contributed by atoms with Gasteiger partial charge in [0.15, 0.2) is 0 Å². The molecule has 0 saturated carbocycles. The molecule has 0 spiro atoms. The molecule has 6 heteroatoms. The number of nitrogens with zero attached hydrogens (tertiary/aromatic N) is 1. The van der Waals surface area contributed by atoms with Crippen LogP contribution in [0.3, 0.4) is 0 Å². The van der Waals surface area contributed by atoms with E-state index in [0.29, 0.717) is 17.9 Å². The van der Waals surface area contributed by atoms with Crippen molar-refractivity contribution in [3.63, 3.8) is 0 Å². The summed E-state index contributed by atoms with van der Waals surface area (Å²) in [7, 11) is 0. The van der Waals surface area contributed by atoms with E-state index in [1.54, 1.807) is 19.1 Å². The predicted octanol–water partition coefficient (Wildman–Crippen LogP) is 4.19. The Labute approximate surface area is 116 Å². The standard InChI is InChI=1S/C14H18F3NO2/c1-11(18-19)3-4-12-5-7-13(8-6-12)20-10-2-9-14(15,16)17/h5-8,19H,2-4,9-10H2,1H3/b18-11-. The van der Waals surface area contributed by atoms with E-state index in [1.165, 1.54) is 0 Å². The zero-order chi connectivity index (χ0) is 15.0. The Bertz CT molecular complexity index is 427. The Morgan fingerprint density at radius 2 is 1.90 bits per heavy atom. The highest BCUT2D eigenvalue weighted by Crippen LogP contribution is 2.21. The lowest BCUT2D eigenvalue weighted by Gasteiger charge is -2.08. The van der Waals surface area contributed by atoms with E-state index in [1.807, 2.05) is 12.1 Å². The zero-order valence-corrected chi connectivity index (χ0v) is 11.3. The molecule has 3 nitrogen and oxygen atoms in total. The number of aryl methyl sites for hydroxylation is 1. The summed E-state index contributed by atoms with van der Waals surface area (Å²) in [6.07, 6.45) is -3.60. The van der Waals surface area contributed by atoms with E-state index in [0.717, 1.165) is 12.0 Å². The highest BCUT2D eigenvalue weighted by Gasteiger charge is 2.26. The van der Waals surface area contributed by atoms with Crippen LogP contribution in [0.5, 0.6) is 5.75 Å². The third-order valence-corrected chi connectivity index (χ3v) is 2.74. The van der Waals surface area contributed by atoms with Crippen LogP contribution in [0.2, 0.25) is 0 Å². The molecule has 112 valence electrons. The van der Waals surface area contributed by atoms with Crippen molar-refractivity contribution in [1.82, 2.24) is 0 Å². The van der Waals surface area contributed by atoms with Crippen LogP contribution in [-0.4, -0.2) is 23.7 Å². The molecule has 1 N–H and O–H groups in total. The Morgan fingerprint density at radius 3 is 2.45 bits per heavy atom. The Balaban J connectivity index is 2.32. The lowest BCUT2D eigenvalue weighted by atomic mass is 10.1. The largest absolute Gasteiger partial charge is 0.494 e. The minimum atomic E-state index is -4.13. The Morgan fingerprint density at radius 1 is 1.25 bits per heavy atom. The number of halogens is 3. The SMILES string of the molecule is C/C(CCc1ccc(OCCCC(F)(F)F)cc1)=N/O. The van der Waals surface area contributed by atoms with Gasteiger partial charge in [-0.25, -0.2) is 0 Å². The quantitative estimate of drug-likeness (QED) is 0.354. The second kappa shape index (κ2) is 7.77. The van der Waals surface area contributed by atoms with Crippen LogP contribution in [0.25, 0.3) is 0 Å². The van der Waals surface area contributed by atoms with Crippen LogP contribution in [-0.2, 0) is 6.42 Å². The fourth-order valence-corrected chi connectivity index (χ4v) is 1.59. The summed E-state index contributed by atoms with van der Waals surface area (Å²) >= 11 is 0. The van der Waals surface area contributed by atoms with Crippen molar-refractivity contribution in [2.24, 2.45) is 5.16 Å². The maximum atomic E-state index is 11.9. The van der Waals surface area contributed by atoms with E-state index in [4.69, 9.17) is 9.94 Å². The minimum Gasteiger partial charge on any atom is -0.494 e. The molecule has 0 aliphatic rings. The van der Waals surface area contributed by atoms with Gasteiger partial charge in [-0.3, -0.25) is 0 Å². The maximum Gasteiger partial charge on any atom is 0.389 e. The number of oxime groups is 1. The molecule has 0 bridgehead atoms. The molecular weight excluding hydrogens is 271 g/mol. The highest BCUT2D eigenvalue weighted by molar-refractivity contribution is 5.81. The monoisotopic (exact) mass is 289 g/mol. The zero-order valence-electron chi connectivity index (χ0n) is 11.3. The molecule has 20 heavy (non-hydrogen) atoms. The van der Waals surface area contributed by atoms with Gasteiger partial charge < -0.3 is 9.94 Å². The molecular formula is C14H18F3NO2. The number of ether oxygens (including phenoxy) is 1. The summed E-state index contributed by atoms with van der Waals surface area (Å²) in [4.78, 5) is 0. The third kappa shape index (κ3) is 7.01. The predicted molar refractivity (Wildman–Crippen MR) is 70.4 cm³/mol. The summed E-state index contributed by atoms with van der Waals surface area (Å²) in [6.45, 7) is 1.78. The first-order valence-corrected chi connectivity index (χ1v) is 6.37. The van der Waals surface area contributed by atoms with E-state index >= 15 is 0 Å². The molecule has 0 saturated heterocycles. The van der Waals surface area contributed by atoms with Crippen LogP contribution in [0.15, 0.2) is 29.4 Å². The summed E-state index contributed by atoms with van der Waals surface area (Å²) in [5.74, 6) is 0.559. The van der Waals surface area contributed by atoms with Crippen LogP contribution in [0.4, 0.5) is 13.2 Å². The summed E-state index contributed by atoms with van der Waals surface area (Å²) < 4.78 is 41.0. The lowest BCUT2D eigenvalue weighted by Crippen LogP contribution is -2.09. The van der Waals surface area contributed by atoms with Gasteiger partial charge in [-0.2, -0.15) is 13.2 Å². The van der Waals surface area contributed by atoms with Gasteiger partial charge in [0.05, 0.1) is 12.3 Å². The van der Waals surface area contributed by atoms with Crippen LogP contribution < -0.4 is 4.74 Å². The molecule has 1 rings (SSSR count). The number of rotatable bonds is 7. The van der Waals surface area contributed by atoms with Gasteiger partial charge in [0.2, 0.25) is 0 Å². The summed E-state index contributed by atoms with van der Waals surface area (Å²) in [5, 5.41) is 11.6. The van der Waals surface area contributed by atoms with Crippen molar-refractivity contribution in [1.29, 1.82) is 0 Å². The molecule has 0 aliphatic carbocycles. The van der Waals surface area contributed by atoms with Gasteiger partial charge in [-0.1, -0.05) is 17.3 Å². The van der Waals surface area contributed by atoms with Gasteiger partial charge in [0.1, 0.15) is 5.75 Å². The topological polar surface area (TPSA) is 41.8 Å². The van der Waals surface area contributed by atoms with Crippen molar-refractivity contribution in [2.45, 2.75) is 38.8 Å². The second-order valence-corrected chi connectivity index (χ2v) is 4.55. The molecule has 0 aliphatic heterocycles. The summed E-state index contributed by atoms with van der Waals surface area (Å²) in [5.41, 5.74) is 1.70. The fraction of sp³-hybridized carbons (Fsp3) is 0.500. The average molecular weight is 289 g/mol. The third-order valence-electron chi connectivity index (χ3n) is 2.74. The molecule has 1 aromatic carbocycles. The normalized spacial score (nSPS) is 12.5. The van der Waals surface area contributed by atoms with Crippen molar-refractivity contribution in [2.75, 3.05) is 6.61 Å². The van der Waals surface area contributed by atoms with E-state index in [9.17, 15) is 13.2 Å². The minimum absolute atomic E-state index is 0.0442. The van der Waals surface area contributed by atoms with Gasteiger partial charge in [-0.05, 0) is 43.9 Å². The first-order valence-electron chi connectivity index (χ1n) is 6.37. The van der Waals surface area contributed by atoms with Crippen LogP contribution >= 0.6 is 0 Å². The first kappa shape index (κ1) is 16.3. The van der Waals surface area contributed by atoms with E-state index in [-0.39, 0.29) is 13.0 Å². The van der Waals surface area contributed by atoms with Gasteiger partial charge in [-0.15, -0.1) is 0 Å². The molecule has 0 unspecified atom stereocenters. The fourth-order valence-electron chi connectivity index (χ4n) is 1.59. The highest BCUT2D eigenvalue weighted by atomic mass is 19.4. The van der Waals surface area contributed by atoms with Crippen LogP contribution in [0, 0.1) is 0 Å². The summed E-state index contributed by atoms with van der Waals surface area (Å²) in [6, 6.07) is 7.16. The molecule has 0 fully saturated rings. The van der Waals surface area contributed by atoms with Crippen molar-refractivity contribution >= 4 is 5.71 Å². The number of hydrogen-bond donors (Lipinski definition) is 1. The number of benzene rings is 1. The lowest BCUT2D eigenvalue weighted by molar-refractivity contribution is -0.136. The molecule has 1 aromatic rings.